The number of halogens is 1. The van der Waals surface area contributed by atoms with Crippen molar-refractivity contribution in [3.63, 3.8) is 0 Å². The minimum Gasteiger partial charge on any atom is -0.350 e. The molecule has 0 saturated heterocycles. The maximum atomic E-state index is 12.4. The molecule has 1 amide bonds. The highest BCUT2D eigenvalue weighted by Crippen LogP contribution is 2.25. The average Bonchev–Trinajstić information content (AvgIpc) is 2.84. The van der Waals surface area contributed by atoms with E-state index in [1.54, 1.807) is 30.3 Å². The number of aromatic nitrogens is 1. The summed E-state index contributed by atoms with van der Waals surface area (Å²) in [6.45, 7) is 1.87. The third kappa shape index (κ3) is 2.54. The van der Waals surface area contributed by atoms with Gasteiger partial charge in [0.2, 0.25) is 0 Å². The highest BCUT2D eigenvalue weighted by Gasteiger charge is 2.15. The van der Waals surface area contributed by atoms with Crippen molar-refractivity contribution < 1.29 is 4.79 Å². The second kappa shape index (κ2) is 5.55. The lowest BCUT2D eigenvalue weighted by molar-refractivity contribution is 0.102. The number of carbonyl (C=O) groups is 1. The zero-order chi connectivity index (χ0) is 15.7. The van der Waals surface area contributed by atoms with Gasteiger partial charge >= 0.3 is 0 Å². The van der Waals surface area contributed by atoms with Gasteiger partial charge < -0.3 is 10.3 Å². The van der Waals surface area contributed by atoms with Crippen LogP contribution in [-0.4, -0.2) is 10.9 Å². The van der Waals surface area contributed by atoms with Crippen LogP contribution in [0.4, 0.5) is 5.69 Å². The first kappa shape index (κ1) is 14.2. The van der Waals surface area contributed by atoms with Crippen molar-refractivity contribution in [2.24, 2.45) is 0 Å². The second-order valence-corrected chi connectivity index (χ2v) is 5.40. The first-order valence-corrected chi connectivity index (χ1v) is 7.05. The molecule has 0 unspecified atom stereocenters. The predicted octanol–water partition coefficient (Wildman–Crippen LogP) is 4.25. The molecular weight excluding hydrogens is 298 g/mol. The molecule has 0 saturated carbocycles. The van der Waals surface area contributed by atoms with Crippen molar-refractivity contribution in [1.29, 1.82) is 5.26 Å². The monoisotopic (exact) mass is 309 g/mol. The topological polar surface area (TPSA) is 68.7 Å². The molecule has 1 heterocycles. The Morgan fingerprint density at radius 3 is 2.86 bits per heavy atom. The van der Waals surface area contributed by atoms with Crippen molar-refractivity contribution in [3.8, 4) is 6.07 Å². The highest BCUT2D eigenvalue weighted by molar-refractivity contribution is 6.31. The van der Waals surface area contributed by atoms with Gasteiger partial charge in [0.1, 0.15) is 5.69 Å². The summed E-state index contributed by atoms with van der Waals surface area (Å²) in [6.07, 6.45) is 0. The Kier molecular flexibility index (Phi) is 3.58. The normalized spacial score (nSPS) is 10.4. The summed E-state index contributed by atoms with van der Waals surface area (Å²) in [7, 11) is 0. The summed E-state index contributed by atoms with van der Waals surface area (Å²) in [5.41, 5.74) is 3.27. The highest BCUT2D eigenvalue weighted by atomic mass is 35.5. The van der Waals surface area contributed by atoms with Crippen LogP contribution in [0.5, 0.6) is 0 Å². The summed E-state index contributed by atoms with van der Waals surface area (Å²) in [6, 6.07) is 14.3. The molecule has 0 bridgehead atoms. The van der Waals surface area contributed by atoms with Crippen LogP contribution in [0.2, 0.25) is 5.02 Å². The van der Waals surface area contributed by atoms with Crippen molar-refractivity contribution in [1.82, 2.24) is 4.98 Å². The van der Waals surface area contributed by atoms with E-state index in [4.69, 9.17) is 16.9 Å². The Labute approximate surface area is 132 Å². The maximum Gasteiger partial charge on any atom is 0.272 e. The Bertz CT molecular complexity index is 921. The number of rotatable bonds is 2. The number of hydrogen-bond acceptors (Lipinski definition) is 2. The van der Waals surface area contributed by atoms with Gasteiger partial charge in [-0.2, -0.15) is 5.26 Å². The van der Waals surface area contributed by atoms with E-state index in [0.29, 0.717) is 22.0 Å². The number of nitriles is 1. The first-order chi connectivity index (χ1) is 10.6. The maximum absolute atomic E-state index is 12.4. The van der Waals surface area contributed by atoms with Gasteiger partial charge in [-0.15, -0.1) is 0 Å². The van der Waals surface area contributed by atoms with Crippen molar-refractivity contribution in [2.45, 2.75) is 6.92 Å². The third-order valence-corrected chi connectivity index (χ3v) is 3.73. The molecule has 0 aliphatic rings. The van der Waals surface area contributed by atoms with E-state index in [1.807, 2.05) is 25.1 Å². The van der Waals surface area contributed by atoms with Crippen LogP contribution in [0.1, 0.15) is 21.6 Å². The molecule has 0 fully saturated rings. The van der Waals surface area contributed by atoms with E-state index in [1.165, 1.54) is 0 Å². The third-order valence-electron chi connectivity index (χ3n) is 3.50. The van der Waals surface area contributed by atoms with E-state index >= 15 is 0 Å². The van der Waals surface area contributed by atoms with E-state index in [-0.39, 0.29) is 5.91 Å². The summed E-state index contributed by atoms with van der Waals surface area (Å²) in [5, 5.41) is 13.2. The predicted molar refractivity (Wildman–Crippen MR) is 87.2 cm³/mol. The molecule has 5 heteroatoms. The van der Waals surface area contributed by atoms with Crippen LogP contribution >= 0.6 is 11.6 Å². The minimum absolute atomic E-state index is 0.250. The summed E-state index contributed by atoms with van der Waals surface area (Å²) in [4.78, 5) is 15.5. The number of nitrogens with one attached hydrogen (secondary N) is 2. The number of benzene rings is 2. The SMILES string of the molecule is Cc1c(C(=O)Nc2cccc(C#N)c2)[nH]c2ccc(Cl)cc12. The molecule has 0 spiro atoms. The number of amides is 1. The molecule has 0 aliphatic heterocycles. The lowest BCUT2D eigenvalue weighted by Crippen LogP contribution is -2.13. The number of nitrogens with zero attached hydrogens (tertiary/aromatic N) is 1. The Balaban J connectivity index is 1.95. The minimum atomic E-state index is -0.250. The Morgan fingerprint density at radius 2 is 2.09 bits per heavy atom. The number of fused-ring (bicyclic) bond motifs is 1. The summed E-state index contributed by atoms with van der Waals surface area (Å²) >= 11 is 6.00. The Hall–Kier alpha value is -2.77. The van der Waals surface area contributed by atoms with E-state index in [9.17, 15) is 4.79 Å². The zero-order valence-corrected chi connectivity index (χ0v) is 12.5. The van der Waals surface area contributed by atoms with Gasteiger partial charge in [-0.1, -0.05) is 17.7 Å². The van der Waals surface area contributed by atoms with Gasteiger partial charge in [-0.25, -0.2) is 0 Å². The molecule has 2 N–H and O–H groups in total. The van der Waals surface area contributed by atoms with E-state index < -0.39 is 0 Å². The van der Waals surface area contributed by atoms with Crippen LogP contribution in [0.15, 0.2) is 42.5 Å². The second-order valence-electron chi connectivity index (χ2n) is 4.96. The molecule has 3 aromatic rings. The van der Waals surface area contributed by atoms with E-state index in [0.717, 1.165) is 16.5 Å². The number of aromatic amines is 1. The number of hydrogen-bond donors (Lipinski definition) is 2. The molecule has 0 aliphatic carbocycles. The van der Waals surface area contributed by atoms with Gasteiger partial charge in [0, 0.05) is 21.6 Å². The van der Waals surface area contributed by atoms with Crippen molar-refractivity contribution in [2.75, 3.05) is 5.32 Å². The molecule has 1 aromatic heterocycles. The number of anilines is 1. The lowest BCUT2D eigenvalue weighted by Gasteiger charge is -2.05. The van der Waals surface area contributed by atoms with E-state index in [2.05, 4.69) is 10.3 Å². The number of carbonyl (C=O) groups excluding carboxylic acids is 1. The molecular formula is C17H12ClN3O. The van der Waals surface area contributed by atoms with Crippen molar-refractivity contribution >= 4 is 34.1 Å². The summed E-state index contributed by atoms with van der Waals surface area (Å²) in [5.74, 6) is -0.250. The standard InChI is InChI=1S/C17H12ClN3O/c1-10-14-8-12(18)5-6-15(14)21-16(10)17(22)20-13-4-2-3-11(7-13)9-19/h2-8,21H,1H3,(H,20,22). The largest absolute Gasteiger partial charge is 0.350 e. The fourth-order valence-corrected chi connectivity index (χ4v) is 2.56. The average molecular weight is 310 g/mol. The van der Waals surface area contributed by atoms with Gasteiger partial charge in [0.05, 0.1) is 11.6 Å². The van der Waals surface area contributed by atoms with Crippen LogP contribution in [0, 0.1) is 18.3 Å². The molecule has 2 aromatic carbocycles. The zero-order valence-electron chi connectivity index (χ0n) is 11.8. The fourth-order valence-electron chi connectivity index (χ4n) is 2.39. The van der Waals surface area contributed by atoms with Crippen LogP contribution in [-0.2, 0) is 0 Å². The van der Waals surface area contributed by atoms with Crippen molar-refractivity contribution in [3.05, 3.63) is 64.3 Å². The Morgan fingerprint density at radius 1 is 1.27 bits per heavy atom. The number of H-pyrrole nitrogens is 1. The van der Waals surface area contributed by atoms with Gasteiger partial charge in [0.15, 0.2) is 0 Å². The number of aryl methyl sites for hydroxylation is 1. The molecule has 0 radical (unpaired) electrons. The van der Waals surface area contributed by atoms with Gasteiger partial charge in [0.25, 0.3) is 5.91 Å². The quantitative estimate of drug-likeness (QED) is 0.743. The molecule has 22 heavy (non-hydrogen) atoms. The molecule has 108 valence electrons. The lowest BCUT2D eigenvalue weighted by atomic mass is 10.1. The van der Waals surface area contributed by atoms with Gasteiger partial charge in [-0.3, -0.25) is 4.79 Å². The van der Waals surface area contributed by atoms with Crippen LogP contribution < -0.4 is 5.32 Å². The van der Waals surface area contributed by atoms with Gasteiger partial charge in [-0.05, 0) is 48.9 Å². The fraction of sp³-hybridized carbons (Fsp3) is 0.0588. The van der Waals surface area contributed by atoms with Crippen LogP contribution in [0.25, 0.3) is 10.9 Å². The molecule has 4 nitrogen and oxygen atoms in total. The summed E-state index contributed by atoms with van der Waals surface area (Å²) < 4.78 is 0. The first-order valence-electron chi connectivity index (χ1n) is 6.68. The molecule has 0 atom stereocenters. The molecule has 3 rings (SSSR count). The smallest absolute Gasteiger partial charge is 0.272 e. The van der Waals surface area contributed by atoms with Crippen LogP contribution in [0.3, 0.4) is 0 Å².